The number of methoxy groups -OCH3 is 1. The summed E-state index contributed by atoms with van der Waals surface area (Å²) in [6, 6.07) is 10.2. The van der Waals surface area contributed by atoms with Crippen LogP contribution in [0.5, 0.6) is 23.1 Å². The van der Waals surface area contributed by atoms with Gasteiger partial charge in [0.15, 0.2) is 22.3 Å². The van der Waals surface area contributed by atoms with E-state index in [0.29, 0.717) is 17.3 Å². The van der Waals surface area contributed by atoms with E-state index in [0.717, 1.165) is 31.2 Å². The highest BCUT2D eigenvalue weighted by Gasteiger charge is 2.32. The number of nitrogens with two attached hydrogens (primary N) is 1. The van der Waals surface area contributed by atoms with Gasteiger partial charge in [0.2, 0.25) is 5.75 Å². The van der Waals surface area contributed by atoms with E-state index < -0.39 is 10.0 Å². The lowest BCUT2D eigenvalue weighted by molar-refractivity contribution is 0.294. The van der Waals surface area contributed by atoms with Crippen LogP contribution in [-0.2, 0) is 16.4 Å². The van der Waals surface area contributed by atoms with Crippen LogP contribution in [0, 0.1) is 0 Å². The van der Waals surface area contributed by atoms with Crippen LogP contribution in [0.3, 0.4) is 0 Å². The lowest BCUT2D eigenvalue weighted by Gasteiger charge is -2.18. The topological polar surface area (TPSA) is 139 Å². The van der Waals surface area contributed by atoms with Gasteiger partial charge in [-0.25, -0.2) is 9.97 Å². The average Bonchev–Trinajstić information content (AvgIpc) is 3.70. The van der Waals surface area contributed by atoms with E-state index in [1.54, 1.807) is 36.5 Å². The van der Waals surface area contributed by atoms with Crippen molar-refractivity contribution in [2.75, 3.05) is 25.0 Å². The zero-order chi connectivity index (χ0) is 24.8. The Morgan fingerprint density at radius 2 is 1.89 bits per heavy atom. The molecule has 186 valence electrons. The second kappa shape index (κ2) is 10.9. The number of benzene rings is 1. The molecule has 0 bridgehead atoms. The van der Waals surface area contributed by atoms with E-state index in [2.05, 4.69) is 19.7 Å². The minimum Gasteiger partial charge on any atom is -0.493 e. The van der Waals surface area contributed by atoms with Crippen molar-refractivity contribution in [1.82, 2.24) is 15.0 Å². The smallest absolute Gasteiger partial charge is 0.280 e. The molecular formula is C24H29N5O5S. The lowest BCUT2D eigenvalue weighted by atomic mass is 10.2. The maximum atomic E-state index is 13.2. The van der Waals surface area contributed by atoms with Crippen LogP contribution in [0.1, 0.15) is 43.5 Å². The monoisotopic (exact) mass is 499 g/mol. The molecule has 3 aromatic rings. The van der Waals surface area contributed by atoms with Crippen LogP contribution in [0.2, 0.25) is 0 Å². The highest BCUT2D eigenvalue weighted by molar-refractivity contribution is 7.92. The molecule has 1 saturated carbocycles. The number of pyridine rings is 1. The van der Waals surface area contributed by atoms with Gasteiger partial charge in [-0.3, -0.25) is 4.72 Å². The van der Waals surface area contributed by atoms with Gasteiger partial charge in [0.05, 0.1) is 7.11 Å². The Labute approximate surface area is 204 Å². The summed E-state index contributed by atoms with van der Waals surface area (Å²) in [4.78, 5) is 13.2. The fraction of sp³-hybridized carbons (Fsp3) is 0.375. The highest BCUT2D eigenvalue weighted by atomic mass is 32.2. The summed E-state index contributed by atoms with van der Waals surface area (Å²) in [6.45, 7) is 2.45. The van der Waals surface area contributed by atoms with E-state index in [1.165, 1.54) is 13.2 Å². The maximum absolute atomic E-state index is 13.2. The Morgan fingerprint density at radius 3 is 2.51 bits per heavy atom. The summed E-state index contributed by atoms with van der Waals surface area (Å²) in [5, 5.41) is -0.128. The first kappa shape index (κ1) is 24.7. The van der Waals surface area contributed by atoms with Crippen molar-refractivity contribution in [3.63, 3.8) is 0 Å². The van der Waals surface area contributed by atoms with Crippen molar-refractivity contribution in [3.8, 4) is 23.1 Å². The molecule has 1 aliphatic rings. The molecule has 0 aliphatic heterocycles. The van der Waals surface area contributed by atoms with Gasteiger partial charge in [0, 0.05) is 18.7 Å². The van der Waals surface area contributed by atoms with E-state index in [9.17, 15) is 8.42 Å². The number of rotatable bonds is 12. The fourth-order valence-electron chi connectivity index (χ4n) is 3.38. The maximum Gasteiger partial charge on any atom is 0.280 e. The second-order valence-electron chi connectivity index (χ2n) is 8.09. The second-order valence-corrected chi connectivity index (χ2v) is 9.72. The third-order valence-corrected chi connectivity index (χ3v) is 6.53. The minimum absolute atomic E-state index is 0.0125. The quantitative estimate of drug-likeness (QED) is 0.382. The predicted molar refractivity (Wildman–Crippen MR) is 131 cm³/mol. The molecule has 10 nitrogen and oxygen atoms in total. The molecule has 0 spiro atoms. The van der Waals surface area contributed by atoms with Crippen LogP contribution in [0.4, 0.5) is 5.82 Å². The number of hydrogen-bond acceptors (Lipinski definition) is 9. The number of aryl methyl sites for hydroxylation is 1. The molecule has 0 unspecified atom stereocenters. The Bertz CT molecular complexity index is 1260. The minimum atomic E-state index is -4.08. The van der Waals surface area contributed by atoms with Crippen molar-refractivity contribution in [3.05, 3.63) is 54.0 Å². The van der Waals surface area contributed by atoms with Crippen molar-refractivity contribution in [1.29, 1.82) is 0 Å². The highest BCUT2D eigenvalue weighted by Crippen LogP contribution is 2.44. The number of para-hydroxylation sites is 2. The van der Waals surface area contributed by atoms with Gasteiger partial charge in [0.1, 0.15) is 12.4 Å². The van der Waals surface area contributed by atoms with E-state index in [-0.39, 0.29) is 41.5 Å². The van der Waals surface area contributed by atoms with Gasteiger partial charge in [-0.15, -0.1) is 0 Å². The number of sulfonamides is 1. The van der Waals surface area contributed by atoms with Crippen molar-refractivity contribution in [2.24, 2.45) is 5.73 Å². The fourth-order valence-corrected chi connectivity index (χ4v) is 4.32. The van der Waals surface area contributed by atoms with Crippen LogP contribution in [0.25, 0.3) is 0 Å². The average molecular weight is 500 g/mol. The van der Waals surface area contributed by atoms with Gasteiger partial charge in [-0.1, -0.05) is 31.5 Å². The van der Waals surface area contributed by atoms with Crippen LogP contribution in [0.15, 0.2) is 47.6 Å². The summed E-state index contributed by atoms with van der Waals surface area (Å²) >= 11 is 0. The molecular weight excluding hydrogens is 470 g/mol. The Hall–Kier alpha value is -3.44. The summed E-state index contributed by atoms with van der Waals surface area (Å²) in [7, 11) is -2.57. The largest absolute Gasteiger partial charge is 0.493 e. The molecule has 0 atom stereocenters. The number of hydrogen-bond donors (Lipinski definition) is 2. The van der Waals surface area contributed by atoms with Gasteiger partial charge < -0.3 is 19.9 Å². The summed E-state index contributed by atoms with van der Waals surface area (Å²) in [5.74, 6) is 1.47. The summed E-state index contributed by atoms with van der Waals surface area (Å²) in [6.07, 6.45) is 5.14. The lowest BCUT2D eigenvalue weighted by Crippen LogP contribution is -2.18. The van der Waals surface area contributed by atoms with Crippen molar-refractivity contribution < 1.29 is 22.6 Å². The van der Waals surface area contributed by atoms with E-state index in [1.807, 2.05) is 6.92 Å². The molecule has 11 heteroatoms. The molecule has 0 radical (unpaired) electrons. The Kier molecular flexibility index (Phi) is 7.67. The zero-order valence-corrected chi connectivity index (χ0v) is 20.5. The molecule has 0 saturated heterocycles. The number of anilines is 1. The van der Waals surface area contributed by atoms with Crippen LogP contribution < -0.4 is 24.7 Å². The van der Waals surface area contributed by atoms with Crippen LogP contribution >= 0.6 is 0 Å². The van der Waals surface area contributed by atoms with Gasteiger partial charge in [-0.05, 0) is 43.0 Å². The SMILES string of the molecule is CCCc1ccc(S(=O)(=O)Nc2nc(C3CC3)nc(OCCN)c2Oc2ccccc2OC)nc1. The van der Waals surface area contributed by atoms with Gasteiger partial charge in [-0.2, -0.15) is 13.4 Å². The van der Waals surface area contributed by atoms with E-state index in [4.69, 9.17) is 19.9 Å². The first-order chi connectivity index (χ1) is 16.9. The Morgan fingerprint density at radius 1 is 1.11 bits per heavy atom. The third kappa shape index (κ3) is 5.98. The van der Waals surface area contributed by atoms with Gasteiger partial charge in [0.25, 0.3) is 15.9 Å². The summed E-state index contributed by atoms with van der Waals surface area (Å²) < 4.78 is 46.2. The first-order valence-corrected chi connectivity index (χ1v) is 13.0. The predicted octanol–water partition coefficient (Wildman–Crippen LogP) is 3.64. The molecule has 2 heterocycles. The third-order valence-electron chi connectivity index (χ3n) is 5.27. The normalized spacial score (nSPS) is 13.3. The van der Waals surface area contributed by atoms with Gasteiger partial charge >= 0.3 is 0 Å². The molecule has 1 aliphatic carbocycles. The molecule has 0 amide bonds. The molecule has 35 heavy (non-hydrogen) atoms. The zero-order valence-electron chi connectivity index (χ0n) is 19.7. The number of ether oxygens (including phenoxy) is 3. The molecule has 4 rings (SSSR count). The molecule has 1 aromatic carbocycles. The van der Waals surface area contributed by atoms with Crippen molar-refractivity contribution in [2.45, 2.75) is 43.6 Å². The molecule has 2 aromatic heterocycles. The van der Waals surface area contributed by atoms with E-state index >= 15 is 0 Å². The number of nitrogens with zero attached hydrogens (tertiary/aromatic N) is 3. The Balaban J connectivity index is 1.76. The first-order valence-electron chi connectivity index (χ1n) is 11.5. The van der Waals surface area contributed by atoms with Crippen molar-refractivity contribution >= 4 is 15.8 Å². The summed E-state index contributed by atoms with van der Waals surface area (Å²) in [5.41, 5.74) is 6.60. The standard InChI is InChI=1S/C24H29N5O5S/c1-3-6-16-9-12-20(26-15-16)35(30,31)29-23-21(34-19-8-5-4-7-18(19)32-2)24(33-14-13-25)28-22(27-23)17-10-11-17/h4-5,7-9,12,15,17H,3,6,10-11,13-14,25H2,1-2H3,(H,27,28,29). The number of aromatic nitrogens is 3. The molecule has 1 fully saturated rings. The molecule has 3 N–H and O–H groups in total. The number of nitrogens with one attached hydrogen (secondary N) is 1. The van der Waals surface area contributed by atoms with Crippen LogP contribution in [-0.4, -0.2) is 43.6 Å².